The molecule has 0 aliphatic heterocycles. The molecule has 0 fully saturated rings. The molecule has 1 amide bonds. The Labute approximate surface area is 146 Å². The fraction of sp³-hybridized carbons (Fsp3) is 0.200. The van der Waals surface area contributed by atoms with Crippen molar-refractivity contribution >= 4 is 22.9 Å². The Hall–Kier alpha value is -2.46. The minimum Gasteiger partial charge on any atom is -0.315 e. The summed E-state index contributed by atoms with van der Waals surface area (Å²) in [7, 11) is 1.80. The van der Waals surface area contributed by atoms with E-state index < -0.39 is 0 Å². The highest BCUT2D eigenvalue weighted by molar-refractivity contribution is 7.13. The molecule has 122 valence electrons. The molecule has 0 bridgehead atoms. The maximum Gasteiger partial charge on any atom is 0.232 e. The highest BCUT2D eigenvalue weighted by Gasteiger charge is 2.14. The molecule has 3 nitrogen and oxygen atoms in total. The lowest BCUT2D eigenvalue weighted by atomic mass is 10.1. The number of rotatable bonds is 5. The first-order chi connectivity index (χ1) is 11.7. The average Bonchev–Trinajstić information content (AvgIpc) is 3.10. The summed E-state index contributed by atoms with van der Waals surface area (Å²) in [6, 6.07) is 18.1. The SMILES string of the molecule is CCc1ccc(-c2nc(CC(=O)N(C)c3ccccc3)cs2)cc1. The van der Waals surface area contributed by atoms with Crippen molar-refractivity contribution < 1.29 is 4.79 Å². The van der Waals surface area contributed by atoms with Gasteiger partial charge in [-0.2, -0.15) is 0 Å². The molecule has 0 N–H and O–H groups in total. The Kier molecular flexibility index (Phi) is 5.06. The number of para-hydroxylation sites is 1. The third kappa shape index (κ3) is 3.71. The number of thiazole rings is 1. The van der Waals surface area contributed by atoms with Crippen LogP contribution in [-0.4, -0.2) is 17.9 Å². The first-order valence-electron chi connectivity index (χ1n) is 8.02. The number of carbonyl (C=O) groups excluding carboxylic acids is 1. The van der Waals surface area contributed by atoms with E-state index in [9.17, 15) is 4.79 Å². The van der Waals surface area contributed by atoms with Gasteiger partial charge in [0.25, 0.3) is 0 Å². The summed E-state index contributed by atoms with van der Waals surface area (Å²) in [4.78, 5) is 18.7. The second-order valence-corrected chi connectivity index (χ2v) is 6.52. The predicted octanol–water partition coefficient (Wildman–Crippen LogP) is 4.58. The zero-order valence-corrected chi connectivity index (χ0v) is 14.7. The van der Waals surface area contributed by atoms with E-state index in [1.54, 1.807) is 23.3 Å². The van der Waals surface area contributed by atoms with Crippen molar-refractivity contribution in [3.8, 4) is 10.6 Å². The molecule has 1 heterocycles. The standard InChI is InChI=1S/C20H20N2OS/c1-3-15-9-11-16(12-10-15)20-21-17(14-24-20)13-19(23)22(2)18-7-5-4-6-8-18/h4-12,14H,3,13H2,1-2H3. The van der Waals surface area contributed by atoms with Crippen LogP contribution < -0.4 is 4.90 Å². The van der Waals surface area contributed by atoms with E-state index >= 15 is 0 Å². The molecule has 0 atom stereocenters. The molecule has 3 rings (SSSR count). The zero-order chi connectivity index (χ0) is 16.9. The molecular weight excluding hydrogens is 316 g/mol. The number of aromatic nitrogens is 1. The summed E-state index contributed by atoms with van der Waals surface area (Å²) in [6.07, 6.45) is 1.35. The molecule has 0 saturated heterocycles. The first-order valence-corrected chi connectivity index (χ1v) is 8.90. The monoisotopic (exact) mass is 336 g/mol. The average molecular weight is 336 g/mol. The molecule has 0 saturated carbocycles. The van der Waals surface area contributed by atoms with Gasteiger partial charge in [0.15, 0.2) is 0 Å². The molecular formula is C20H20N2OS. The van der Waals surface area contributed by atoms with Crippen LogP contribution in [-0.2, 0) is 17.6 Å². The lowest BCUT2D eigenvalue weighted by Gasteiger charge is -2.16. The Bertz CT molecular complexity index is 809. The zero-order valence-electron chi connectivity index (χ0n) is 13.9. The normalized spacial score (nSPS) is 10.6. The van der Waals surface area contributed by atoms with Gasteiger partial charge in [-0.15, -0.1) is 11.3 Å². The van der Waals surface area contributed by atoms with E-state index in [-0.39, 0.29) is 5.91 Å². The molecule has 0 aliphatic carbocycles. The summed E-state index contributed by atoms with van der Waals surface area (Å²) in [5.41, 5.74) is 4.14. The largest absolute Gasteiger partial charge is 0.315 e. The van der Waals surface area contributed by atoms with Gasteiger partial charge in [-0.3, -0.25) is 4.79 Å². The molecule has 2 aromatic carbocycles. The van der Waals surface area contributed by atoms with Gasteiger partial charge in [-0.25, -0.2) is 4.98 Å². The van der Waals surface area contributed by atoms with E-state index in [0.29, 0.717) is 6.42 Å². The fourth-order valence-electron chi connectivity index (χ4n) is 2.47. The smallest absolute Gasteiger partial charge is 0.232 e. The van der Waals surface area contributed by atoms with E-state index in [4.69, 9.17) is 0 Å². The van der Waals surface area contributed by atoms with Crippen LogP contribution in [0.4, 0.5) is 5.69 Å². The molecule has 0 aliphatic rings. The first kappa shape index (κ1) is 16.4. The quantitative estimate of drug-likeness (QED) is 0.683. The van der Waals surface area contributed by atoms with E-state index in [1.807, 2.05) is 35.7 Å². The van der Waals surface area contributed by atoms with Crippen molar-refractivity contribution in [3.63, 3.8) is 0 Å². The topological polar surface area (TPSA) is 33.2 Å². The Morgan fingerprint density at radius 1 is 1.08 bits per heavy atom. The van der Waals surface area contributed by atoms with Gasteiger partial charge in [0.2, 0.25) is 5.91 Å². The van der Waals surface area contributed by atoms with Crippen molar-refractivity contribution in [2.45, 2.75) is 19.8 Å². The summed E-state index contributed by atoms with van der Waals surface area (Å²) in [6.45, 7) is 2.14. The van der Waals surface area contributed by atoms with Gasteiger partial charge >= 0.3 is 0 Å². The summed E-state index contributed by atoms with van der Waals surface area (Å²) in [5, 5.41) is 2.93. The molecule has 3 aromatic rings. The number of likely N-dealkylation sites (N-methyl/N-ethyl adjacent to an activating group) is 1. The van der Waals surface area contributed by atoms with Gasteiger partial charge in [-0.1, -0.05) is 49.4 Å². The highest BCUT2D eigenvalue weighted by Crippen LogP contribution is 2.25. The van der Waals surface area contributed by atoms with Crippen molar-refractivity contribution in [1.82, 2.24) is 4.98 Å². The maximum absolute atomic E-state index is 12.4. The molecule has 24 heavy (non-hydrogen) atoms. The number of anilines is 1. The maximum atomic E-state index is 12.4. The second-order valence-electron chi connectivity index (χ2n) is 5.66. The Morgan fingerprint density at radius 2 is 1.79 bits per heavy atom. The summed E-state index contributed by atoms with van der Waals surface area (Å²) in [5.74, 6) is 0.0411. The predicted molar refractivity (Wildman–Crippen MR) is 100 cm³/mol. The van der Waals surface area contributed by atoms with Crippen LogP contribution >= 0.6 is 11.3 Å². The van der Waals surface area contributed by atoms with Crippen LogP contribution in [0, 0.1) is 0 Å². The van der Waals surface area contributed by atoms with Gasteiger partial charge in [0.1, 0.15) is 5.01 Å². The molecule has 0 unspecified atom stereocenters. The van der Waals surface area contributed by atoms with Crippen LogP contribution in [0.3, 0.4) is 0 Å². The molecule has 4 heteroatoms. The van der Waals surface area contributed by atoms with Crippen LogP contribution in [0.25, 0.3) is 10.6 Å². The Morgan fingerprint density at radius 3 is 2.46 bits per heavy atom. The van der Waals surface area contributed by atoms with Crippen molar-refractivity contribution in [2.24, 2.45) is 0 Å². The van der Waals surface area contributed by atoms with E-state index in [1.165, 1.54) is 5.56 Å². The molecule has 0 spiro atoms. The number of nitrogens with zero attached hydrogens (tertiary/aromatic N) is 2. The van der Waals surface area contributed by atoms with E-state index in [0.717, 1.165) is 28.4 Å². The van der Waals surface area contributed by atoms with Gasteiger partial charge in [0.05, 0.1) is 12.1 Å². The number of hydrogen-bond acceptors (Lipinski definition) is 3. The fourth-order valence-corrected chi connectivity index (χ4v) is 3.30. The number of benzene rings is 2. The lowest BCUT2D eigenvalue weighted by molar-refractivity contribution is -0.117. The number of carbonyl (C=O) groups is 1. The summed E-state index contributed by atoms with van der Waals surface area (Å²) < 4.78 is 0. The number of hydrogen-bond donors (Lipinski definition) is 0. The van der Waals surface area contributed by atoms with Gasteiger partial charge < -0.3 is 4.90 Å². The minimum atomic E-state index is 0.0411. The highest BCUT2D eigenvalue weighted by atomic mass is 32.1. The Balaban J connectivity index is 1.70. The van der Waals surface area contributed by atoms with Crippen molar-refractivity contribution in [1.29, 1.82) is 0 Å². The minimum absolute atomic E-state index is 0.0411. The van der Waals surface area contributed by atoms with Crippen LogP contribution in [0.15, 0.2) is 60.0 Å². The second kappa shape index (κ2) is 7.41. The lowest BCUT2D eigenvalue weighted by Crippen LogP contribution is -2.27. The van der Waals surface area contributed by atoms with Crippen LogP contribution in [0.5, 0.6) is 0 Å². The third-order valence-corrected chi connectivity index (χ3v) is 4.95. The third-order valence-electron chi connectivity index (χ3n) is 4.01. The van der Waals surface area contributed by atoms with Crippen LogP contribution in [0.1, 0.15) is 18.2 Å². The summed E-state index contributed by atoms with van der Waals surface area (Å²) >= 11 is 1.58. The number of aryl methyl sites for hydroxylation is 1. The van der Waals surface area contributed by atoms with Gasteiger partial charge in [0, 0.05) is 23.7 Å². The molecule has 0 radical (unpaired) electrons. The van der Waals surface area contributed by atoms with Gasteiger partial charge in [-0.05, 0) is 24.1 Å². The molecule has 1 aromatic heterocycles. The van der Waals surface area contributed by atoms with Crippen LogP contribution in [0.2, 0.25) is 0 Å². The van der Waals surface area contributed by atoms with E-state index in [2.05, 4.69) is 36.2 Å². The number of amides is 1. The van der Waals surface area contributed by atoms with Crippen molar-refractivity contribution in [3.05, 3.63) is 71.2 Å². The van der Waals surface area contributed by atoms with Crippen molar-refractivity contribution in [2.75, 3.05) is 11.9 Å².